The second-order valence-corrected chi connectivity index (χ2v) is 7.07. The van der Waals surface area contributed by atoms with Gasteiger partial charge in [0.2, 0.25) is 5.91 Å². The van der Waals surface area contributed by atoms with Crippen LogP contribution in [0, 0.1) is 5.82 Å². The van der Waals surface area contributed by atoms with Crippen molar-refractivity contribution in [3.63, 3.8) is 0 Å². The summed E-state index contributed by atoms with van der Waals surface area (Å²) in [6.45, 7) is 0.406. The van der Waals surface area contributed by atoms with E-state index in [2.05, 4.69) is 10.6 Å². The summed E-state index contributed by atoms with van der Waals surface area (Å²) in [5, 5.41) is 5.35. The van der Waals surface area contributed by atoms with Crippen molar-refractivity contribution >= 4 is 11.8 Å². The van der Waals surface area contributed by atoms with Crippen molar-refractivity contribution in [2.24, 2.45) is 0 Å². The average molecular weight is 444 g/mol. The van der Waals surface area contributed by atoms with Gasteiger partial charge in [-0.05, 0) is 53.1 Å². The minimum absolute atomic E-state index is 0.101. The third-order valence-electron chi connectivity index (χ3n) is 4.68. The first kappa shape index (κ1) is 23.0. The van der Waals surface area contributed by atoms with E-state index in [9.17, 15) is 27.2 Å². The lowest BCUT2D eigenvalue weighted by atomic mass is 10.0. The van der Waals surface area contributed by atoms with E-state index in [-0.39, 0.29) is 37.1 Å². The molecule has 166 valence electrons. The maximum absolute atomic E-state index is 12.9. The van der Waals surface area contributed by atoms with E-state index in [1.165, 1.54) is 36.4 Å². The lowest BCUT2D eigenvalue weighted by Gasteiger charge is -2.10. The van der Waals surface area contributed by atoms with Crippen molar-refractivity contribution in [1.29, 1.82) is 0 Å². The van der Waals surface area contributed by atoms with Gasteiger partial charge in [-0.1, -0.05) is 36.4 Å². The Labute approximate surface area is 182 Å². The molecule has 0 aliphatic carbocycles. The molecule has 0 atom stereocenters. The Balaban J connectivity index is 1.50. The van der Waals surface area contributed by atoms with Crippen molar-refractivity contribution in [1.82, 2.24) is 10.6 Å². The molecule has 8 heteroatoms. The number of nitrogens with one attached hydrogen (secondary N) is 2. The zero-order valence-electron chi connectivity index (χ0n) is 16.9. The van der Waals surface area contributed by atoms with E-state index >= 15 is 0 Å². The van der Waals surface area contributed by atoms with Crippen LogP contribution in [0.3, 0.4) is 0 Å². The van der Waals surface area contributed by atoms with Gasteiger partial charge in [0.1, 0.15) is 5.82 Å². The van der Waals surface area contributed by atoms with Crippen LogP contribution in [-0.4, -0.2) is 24.9 Å². The Morgan fingerprint density at radius 1 is 0.781 bits per heavy atom. The predicted molar refractivity (Wildman–Crippen MR) is 112 cm³/mol. The number of amides is 2. The van der Waals surface area contributed by atoms with Crippen LogP contribution >= 0.6 is 0 Å². The number of carbonyl (C=O) groups excluding carboxylic acids is 2. The molecule has 0 saturated carbocycles. The number of alkyl halides is 3. The lowest BCUT2D eigenvalue weighted by molar-refractivity contribution is -0.137. The van der Waals surface area contributed by atoms with Crippen molar-refractivity contribution in [3.05, 3.63) is 95.3 Å². The highest BCUT2D eigenvalue weighted by molar-refractivity contribution is 5.95. The smallest absolute Gasteiger partial charge is 0.354 e. The number of carbonyl (C=O) groups is 2. The van der Waals surface area contributed by atoms with Crippen LogP contribution in [0.2, 0.25) is 0 Å². The summed E-state index contributed by atoms with van der Waals surface area (Å²) >= 11 is 0. The van der Waals surface area contributed by atoms with Crippen LogP contribution < -0.4 is 10.6 Å². The maximum Gasteiger partial charge on any atom is 0.416 e. The number of hydrogen-bond acceptors (Lipinski definition) is 2. The number of hydrogen-bond donors (Lipinski definition) is 2. The predicted octanol–water partition coefficient (Wildman–Crippen LogP) is 4.60. The van der Waals surface area contributed by atoms with Gasteiger partial charge in [0.15, 0.2) is 0 Å². The van der Waals surface area contributed by atoms with Gasteiger partial charge in [0, 0.05) is 18.7 Å². The van der Waals surface area contributed by atoms with E-state index in [0.717, 1.165) is 12.1 Å². The highest BCUT2D eigenvalue weighted by atomic mass is 19.4. The van der Waals surface area contributed by atoms with Crippen LogP contribution in [0.1, 0.15) is 21.5 Å². The summed E-state index contributed by atoms with van der Waals surface area (Å²) < 4.78 is 51.0. The van der Waals surface area contributed by atoms with Gasteiger partial charge >= 0.3 is 6.18 Å². The van der Waals surface area contributed by atoms with Crippen LogP contribution in [0.5, 0.6) is 0 Å². The second-order valence-electron chi connectivity index (χ2n) is 7.07. The first-order valence-electron chi connectivity index (χ1n) is 9.79. The third kappa shape index (κ3) is 6.41. The van der Waals surface area contributed by atoms with Crippen LogP contribution in [0.4, 0.5) is 17.6 Å². The van der Waals surface area contributed by atoms with Gasteiger partial charge in [0.25, 0.3) is 5.91 Å². The molecule has 0 fully saturated rings. The molecule has 0 heterocycles. The average Bonchev–Trinajstić information content (AvgIpc) is 2.78. The van der Waals surface area contributed by atoms with Crippen LogP contribution in [0.25, 0.3) is 11.1 Å². The molecular formula is C24H20F4N2O2. The van der Waals surface area contributed by atoms with E-state index in [1.807, 2.05) is 0 Å². The van der Waals surface area contributed by atoms with Crippen molar-refractivity contribution < 1.29 is 27.2 Å². The minimum atomic E-state index is -4.41. The lowest BCUT2D eigenvalue weighted by Crippen LogP contribution is -2.35. The fraction of sp³-hybridized carbons (Fsp3) is 0.167. The van der Waals surface area contributed by atoms with Crippen molar-refractivity contribution in [3.8, 4) is 11.1 Å². The summed E-state index contributed by atoms with van der Waals surface area (Å²) in [5.41, 5.74) is 1.45. The molecule has 2 N–H and O–H groups in total. The molecule has 3 aromatic rings. The molecular weight excluding hydrogens is 424 g/mol. The zero-order chi connectivity index (χ0) is 23.1. The van der Waals surface area contributed by atoms with Gasteiger partial charge in [-0.15, -0.1) is 0 Å². The Kier molecular flexibility index (Phi) is 7.25. The van der Waals surface area contributed by atoms with E-state index in [1.54, 1.807) is 24.3 Å². The molecule has 0 aliphatic heterocycles. The van der Waals surface area contributed by atoms with Gasteiger partial charge in [-0.25, -0.2) is 4.39 Å². The molecule has 2 amide bonds. The Morgan fingerprint density at radius 3 is 2.09 bits per heavy atom. The highest BCUT2D eigenvalue weighted by Crippen LogP contribution is 2.31. The molecule has 0 aliphatic rings. The van der Waals surface area contributed by atoms with Crippen molar-refractivity contribution in [2.75, 3.05) is 13.1 Å². The fourth-order valence-electron chi connectivity index (χ4n) is 3.02. The quantitative estimate of drug-likeness (QED) is 0.413. The molecule has 0 spiro atoms. The molecule has 3 aromatic carbocycles. The molecule has 3 rings (SSSR count). The number of rotatable bonds is 7. The normalized spacial score (nSPS) is 11.1. The Morgan fingerprint density at radius 2 is 1.44 bits per heavy atom. The van der Waals surface area contributed by atoms with E-state index < -0.39 is 11.7 Å². The summed E-state index contributed by atoms with van der Waals surface area (Å²) in [4.78, 5) is 24.3. The topological polar surface area (TPSA) is 58.2 Å². The van der Waals surface area contributed by atoms with Gasteiger partial charge < -0.3 is 10.6 Å². The Bertz CT molecular complexity index is 1080. The third-order valence-corrected chi connectivity index (χ3v) is 4.68. The largest absolute Gasteiger partial charge is 0.416 e. The molecule has 0 unspecified atom stereocenters. The first-order valence-corrected chi connectivity index (χ1v) is 9.79. The van der Waals surface area contributed by atoms with Gasteiger partial charge in [-0.2, -0.15) is 13.2 Å². The SMILES string of the molecule is O=C(Cc1ccc(F)cc1)NCCNC(=O)c1cccc(-c2ccc(C(F)(F)F)cc2)c1. The van der Waals surface area contributed by atoms with E-state index in [4.69, 9.17) is 0 Å². The fourth-order valence-corrected chi connectivity index (χ4v) is 3.02. The van der Waals surface area contributed by atoms with Crippen LogP contribution in [-0.2, 0) is 17.4 Å². The molecule has 0 saturated heterocycles. The van der Waals surface area contributed by atoms with Gasteiger partial charge in [0.05, 0.1) is 12.0 Å². The van der Waals surface area contributed by atoms with Crippen LogP contribution in [0.15, 0.2) is 72.8 Å². The summed E-state index contributed by atoms with van der Waals surface area (Å²) in [6.07, 6.45) is -4.31. The molecule has 0 radical (unpaired) electrons. The maximum atomic E-state index is 12.9. The molecule has 0 aromatic heterocycles. The van der Waals surface area contributed by atoms with Crippen molar-refractivity contribution in [2.45, 2.75) is 12.6 Å². The monoisotopic (exact) mass is 444 g/mol. The first-order chi connectivity index (χ1) is 15.2. The molecule has 0 bridgehead atoms. The standard InChI is InChI=1S/C24H20F4N2O2/c25-21-10-4-16(5-11-21)14-22(31)29-12-13-30-23(32)19-3-1-2-18(15-19)17-6-8-20(9-7-17)24(26,27)28/h1-11,15H,12-14H2,(H,29,31)(H,30,32). The zero-order valence-corrected chi connectivity index (χ0v) is 16.9. The Hall–Kier alpha value is -3.68. The molecule has 32 heavy (non-hydrogen) atoms. The summed E-state index contributed by atoms with van der Waals surface area (Å²) in [7, 11) is 0. The van der Waals surface area contributed by atoms with Gasteiger partial charge in [-0.3, -0.25) is 9.59 Å². The number of benzene rings is 3. The van der Waals surface area contributed by atoms with E-state index in [0.29, 0.717) is 22.3 Å². The summed E-state index contributed by atoms with van der Waals surface area (Å²) in [5.74, 6) is -0.999. The second kappa shape index (κ2) is 10.1. The summed E-state index contributed by atoms with van der Waals surface area (Å²) in [6, 6.07) is 16.9. The highest BCUT2D eigenvalue weighted by Gasteiger charge is 2.29. The minimum Gasteiger partial charge on any atom is -0.354 e. The molecule has 4 nitrogen and oxygen atoms in total. The number of halogens is 4.